The van der Waals surface area contributed by atoms with Gasteiger partial charge in [0, 0.05) is 4.47 Å². The van der Waals surface area contributed by atoms with Gasteiger partial charge in [0.15, 0.2) is 0 Å². The van der Waals surface area contributed by atoms with Crippen molar-refractivity contribution >= 4 is 39.9 Å². The first-order valence-electron chi connectivity index (χ1n) is 7.60. The van der Waals surface area contributed by atoms with Crippen molar-refractivity contribution < 1.29 is 4.79 Å². The topological polar surface area (TPSA) is 44.4 Å². The highest BCUT2D eigenvalue weighted by atomic mass is 79.9. The fraction of sp³-hybridized carbons (Fsp3) is 0.562. The molecule has 0 unspecified atom stereocenters. The number of hydrogen-bond donors (Lipinski definition) is 2. The molecule has 4 nitrogen and oxygen atoms in total. The van der Waals surface area contributed by atoms with Crippen molar-refractivity contribution in [1.29, 1.82) is 0 Å². The quantitative estimate of drug-likeness (QED) is 0.784. The van der Waals surface area contributed by atoms with Gasteiger partial charge in [-0.25, -0.2) is 0 Å². The number of nitrogens with zero attached hydrogens (tertiary/aromatic N) is 1. The van der Waals surface area contributed by atoms with E-state index in [-0.39, 0.29) is 18.3 Å². The van der Waals surface area contributed by atoms with E-state index < -0.39 is 0 Å². The maximum atomic E-state index is 12.1. The Morgan fingerprint density at radius 2 is 2.00 bits per heavy atom. The van der Waals surface area contributed by atoms with E-state index in [1.165, 1.54) is 19.3 Å². The molecule has 2 rings (SSSR count). The third kappa shape index (κ3) is 6.24. The first-order valence-corrected chi connectivity index (χ1v) is 8.39. The molecule has 1 aromatic rings. The van der Waals surface area contributed by atoms with E-state index >= 15 is 0 Å². The normalized spacial score (nSPS) is 16.1. The molecule has 1 fully saturated rings. The van der Waals surface area contributed by atoms with E-state index in [0.29, 0.717) is 6.54 Å². The molecule has 1 aliphatic rings. The summed E-state index contributed by atoms with van der Waals surface area (Å²) in [6, 6.07) is 7.71. The number of rotatable bonds is 6. The van der Waals surface area contributed by atoms with Crippen LogP contribution in [0.2, 0.25) is 0 Å². The zero-order valence-electron chi connectivity index (χ0n) is 13.0. The molecule has 0 bridgehead atoms. The van der Waals surface area contributed by atoms with Crippen LogP contribution < -0.4 is 10.6 Å². The zero-order chi connectivity index (χ0) is 15.1. The lowest BCUT2D eigenvalue weighted by Gasteiger charge is -2.31. The van der Waals surface area contributed by atoms with Crippen molar-refractivity contribution in [2.75, 3.05) is 38.5 Å². The summed E-state index contributed by atoms with van der Waals surface area (Å²) in [5.41, 5.74) is 0.839. The number of carbonyl (C=O) groups excluding carboxylic acids is 1. The third-order valence-electron chi connectivity index (χ3n) is 4.02. The van der Waals surface area contributed by atoms with Crippen LogP contribution >= 0.6 is 28.3 Å². The van der Waals surface area contributed by atoms with Crippen molar-refractivity contribution in [1.82, 2.24) is 10.2 Å². The highest BCUT2D eigenvalue weighted by Gasteiger charge is 2.20. The van der Waals surface area contributed by atoms with Crippen LogP contribution in [0.15, 0.2) is 28.7 Å². The molecule has 22 heavy (non-hydrogen) atoms. The Morgan fingerprint density at radius 1 is 1.32 bits per heavy atom. The average Bonchev–Trinajstić information content (AvgIpc) is 2.49. The number of halogens is 2. The third-order valence-corrected chi connectivity index (χ3v) is 4.72. The molecular formula is C16H25BrClN3O. The molecule has 1 saturated heterocycles. The molecule has 1 heterocycles. The lowest BCUT2D eigenvalue weighted by Crippen LogP contribution is -2.39. The second-order valence-electron chi connectivity index (χ2n) is 5.64. The van der Waals surface area contributed by atoms with Gasteiger partial charge in [-0.2, -0.15) is 0 Å². The highest BCUT2D eigenvalue weighted by Crippen LogP contribution is 2.22. The number of hydrogen-bond acceptors (Lipinski definition) is 3. The van der Waals surface area contributed by atoms with Crippen LogP contribution in [-0.4, -0.2) is 44.0 Å². The fourth-order valence-electron chi connectivity index (χ4n) is 2.74. The predicted molar refractivity (Wildman–Crippen MR) is 97.7 cm³/mol. The summed E-state index contributed by atoms with van der Waals surface area (Å²) < 4.78 is 0.920. The summed E-state index contributed by atoms with van der Waals surface area (Å²) in [5, 5.41) is 6.17. The number of anilines is 1. The second-order valence-corrected chi connectivity index (χ2v) is 6.49. The van der Waals surface area contributed by atoms with Gasteiger partial charge in [0.05, 0.1) is 12.2 Å². The number of carbonyl (C=O) groups is 1. The zero-order valence-corrected chi connectivity index (χ0v) is 15.4. The summed E-state index contributed by atoms with van der Waals surface area (Å²) in [4.78, 5) is 14.4. The van der Waals surface area contributed by atoms with E-state index in [1.54, 1.807) is 0 Å². The Bertz CT molecular complexity index is 464. The van der Waals surface area contributed by atoms with E-state index in [1.807, 2.05) is 31.3 Å². The van der Waals surface area contributed by atoms with Gasteiger partial charge < -0.3 is 10.6 Å². The van der Waals surface area contributed by atoms with Crippen LogP contribution in [0.4, 0.5) is 5.69 Å². The Balaban J connectivity index is 0.00000242. The number of amides is 1. The molecule has 0 atom stereocenters. The van der Waals surface area contributed by atoms with E-state index in [2.05, 4.69) is 31.5 Å². The van der Waals surface area contributed by atoms with Crippen LogP contribution in [-0.2, 0) is 4.79 Å². The van der Waals surface area contributed by atoms with Crippen LogP contribution in [0.25, 0.3) is 0 Å². The van der Waals surface area contributed by atoms with E-state index in [0.717, 1.165) is 35.7 Å². The molecule has 0 spiro atoms. The Labute approximate surface area is 147 Å². The summed E-state index contributed by atoms with van der Waals surface area (Å²) >= 11 is 3.45. The number of para-hydroxylation sites is 1. The SMILES string of the molecule is CNCCC1CCN(CC(=O)Nc2ccccc2Br)CC1.Cl. The minimum absolute atomic E-state index is 0. The van der Waals surface area contributed by atoms with Crippen molar-refractivity contribution in [3.63, 3.8) is 0 Å². The molecule has 1 aromatic carbocycles. The largest absolute Gasteiger partial charge is 0.324 e. The van der Waals surface area contributed by atoms with Gasteiger partial charge >= 0.3 is 0 Å². The summed E-state index contributed by atoms with van der Waals surface area (Å²) in [6.45, 7) is 3.63. The maximum absolute atomic E-state index is 12.1. The lowest BCUT2D eigenvalue weighted by atomic mass is 9.93. The molecule has 0 aromatic heterocycles. The van der Waals surface area contributed by atoms with Crippen molar-refractivity contribution in [3.05, 3.63) is 28.7 Å². The fourth-order valence-corrected chi connectivity index (χ4v) is 3.12. The van der Waals surface area contributed by atoms with Crippen molar-refractivity contribution in [2.24, 2.45) is 5.92 Å². The van der Waals surface area contributed by atoms with Crippen LogP contribution in [0.1, 0.15) is 19.3 Å². The highest BCUT2D eigenvalue weighted by molar-refractivity contribution is 9.10. The molecular weight excluding hydrogens is 366 g/mol. The Morgan fingerprint density at radius 3 is 2.64 bits per heavy atom. The molecule has 0 saturated carbocycles. The van der Waals surface area contributed by atoms with E-state index in [9.17, 15) is 4.79 Å². The van der Waals surface area contributed by atoms with Gasteiger partial charge in [0.1, 0.15) is 0 Å². The molecule has 2 N–H and O–H groups in total. The second kappa shape index (κ2) is 10.2. The Hall–Kier alpha value is -0.620. The molecule has 0 radical (unpaired) electrons. The van der Waals surface area contributed by atoms with Crippen LogP contribution in [0.5, 0.6) is 0 Å². The van der Waals surface area contributed by atoms with E-state index in [4.69, 9.17) is 0 Å². The average molecular weight is 391 g/mol. The van der Waals surface area contributed by atoms with Gasteiger partial charge in [0.2, 0.25) is 5.91 Å². The number of likely N-dealkylation sites (tertiary alicyclic amines) is 1. The smallest absolute Gasteiger partial charge is 0.238 e. The van der Waals surface area contributed by atoms with Gasteiger partial charge in [-0.3, -0.25) is 9.69 Å². The van der Waals surface area contributed by atoms with Crippen LogP contribution in [0.3, 0.4) is 0 Å². The van der Waals surface area contributed by atoms with Crippen molar-refractivity contribution in [2.45, 2.75) is 19.3 Å². The van der Waals surface area contributed by atoms with Crippen molar-refractivity contribution in [3.8, 4) is 0 Å². The first kappa shape index (κ1) is 19.4. The van der Waals surface area contributed by atoms with Gasteiger partial charge in [0.25, 0.3) is 0 Å². The monoisotopic (exact) mass is 389 g/mol. The lowest BCUT2D eigenvalue weighted by molar-refractivity contribution is -0.117. The molecule has 6 heteroatoms. The summed E-state index contributed by atoms with van der Waals surface area (Å²) in [5.74, 6) is 0.871. The minimum atomic E-state index is 0. The predicted octanol–water partition coefficient (Wildman–Crippen LogP) is 3.13. The molecule has 124 valence electrons. The van der Waals surface area contributed by atoms with Gasteiger partial charge in [-0.15, -0.1) is 12.4 Å². The summed E-state index contributed by atoms with van der Waals surface area (Å²) in [7, 11) is 2.00. The van der Waals surface area contributed by atoms with Crippen LogP contribution in [0, 0.1) is 5.92 Å². The summed E-state index contributed by atoms with van der Waals surface area (Å²) in [6.07, 6.45) is 3.64. The molecule has 1 aliphatic heterocycles. The first-order chi connectivity index (χ1) is 10.2. The maximum Gasteiger partial charge on any atom is 0.238 e. The molecule has 1 amide bonds. The standard InChI is InChI=1S/C16H24BrN3O.ClH/c1-18-9-6-13-7-10-20(11-8-13)12-16(21)19-15-5-3-2-4-14(15)17;/h2-5,13,18H,6-12H2,1H3,(H,19,21);1H. The van der Waals surface area contributed by atoms with Gasteiger partial charge in [-0.05, 0) is 79.9 Å². The number of piperidine rings is 1. The Kier molecular flexibility index (Phi) is 9.02. The molecule has 0 aliphatic carbocycles. The number of nitrogens with one attached hydrogen (secondary N) is 2. The minimum Gasteiger partial charge on any atom is -0.324 e. The number of benzene rings is 1. The van der Waals surface area contributed by atoms with Gasteiger partial charge in [-0.1, -0.05) is 12.1 Å².